The third-order valence-electron chi connectivity index (χ3n) is 9.58. The van der Waals surface area contributed by atoms with Gasteiger partial charge in [-0.15, -0.1) is 0 Å². The van der Waals surface area contributed by atoms with Crippen molar-refractivity contribution in [2.24, 2.45) is 5.73 Å². The van der Waals surface area contributed by atoms with Crippen molar-refractivity contribution in [2.45, 2.75) is 153 Å². The fourth-order valence-corrected chi connectivity index (χ4v) is 5.87. The van der Waals surface area contributed by atoms with Crippen molar-refractivity contribution in [3.05, 3.63) is 0 Å². The summed E-state index contributed by atoms with van der Waals surface area (Å²) in [5, 5.41) is 0. The van der Waals surface area contributed by atoms with Gasteiger partial charge in [0.15, 0.2) is 19.5 Å². The second kappa shape index (κ2) is 23.7. The Kier molecular flexibility index (Phi) is 22.7. The molecule has 40 heteroatoms. The Balaban J connectivity index is 6.04. The molecule has 0 aliphatic carbocycles. The van der Waals surface area contributed by atoms with Crippen LogP contribution in [0.15, 0.2) is 0 Å². The fraction of sp³-hybridized carbons (Fsp3) is 0.939. The highest BCUT2D eigenvalue weighted by molar-refractivity contribution is 7.47. The minimum Gasteiger partial charge on any atom is -0.462 e. The van der Waals surface area contributed by atoms with Gasteiger partial charge in [-0.1, -0.05) is 0 Å². The molecule has 0 heterocycles. The molecule has 2 unspecified atom stereocenters. The van der Waals surface area contributed by atoms with Crippen molar-refractivity contribution in [3.8, 4) is 0 Å². The lowest BCUT2D eigenvalue weighted by Crippen LogP contribution is -2.73. The van der Waals surface area contributed by atoms with E-state index in [0.29, 0.717) is 0 Å². The van der Waals surface area contributed by atoms with E-state index in [-0.39, 0.29) is 19.4 Å². The van der Waals surface area contributed by atoms with Crippen LogP contribution in [0.4, 0.5) is 132 Å². The normalized spacial score (nSPS) is 16.3. The topological polar surface area (TPSA) is 134 Å². The molecule has 73 heavy (non-hydrogen) atoms. The molecule has 3 N–H and O–H groups in total. The summed E-state index contributed by atoms with van der Waals surface area (Å²) in [5.41, 5.74) is 5.18. The average Bonchev–Trinajstić information content (AvgIpc) is 3.25. The van der Waals surface area contributed by atoms with E-state index in [1.54, 1.807) is 0 Å². The summed E-state index contributed by atoms with van der Waals surface area (Å²) in [4.78, 5) is 34.2. The largest absolute Gasteiger partial charge is 0.472 e. The van der Waals surface area contributed by atoms with Crippen LogP contribution in [0.3, 0.4) is 0 Å². The van der Waals surface area contributed by atoms with Crippen LogP contribution in [0.1, 0.15) is 64.2 Å². The maximum atomic E-state index is 14.2. The number of carbonyl (C=O) groups excluding carboxylic acids is 2. The highest BCUT2D eigenvalue weighted by Crippen LogP contribution is 2.64. The number of alkyl halides is 30. The van der Waals surface area contributed by atoms with Gasteiger partial charge in [-0.25, -0.2) is 13.3 Å². The molecule has 0 spiro atoms. The lowest BCUT2D eigenvalue weighted by Gasteiger charge is -2.42. The summed E-state index contributed by atoms with van der Waals surface area (Å²) < 4.78 is 440. The van der Waals surface area contributed by atoms with Gasteiger partial charge in [-0.05, 0) is 45.1 Å². The lowest BCUT2D eigenvalue weighted by molar-refractivity contribution is -0.442. The van der Waals surface area contributed by atoms with Gasteiger partial charge in [0.05, 0.1) is 13.2 Å². The first-order valence-electron chi connectivity index (χ1n) is 19.3. The van der Waals surface area contributed by atoms with Gasteiger partial charge in [0.2, 0.25) is 0 Å². The Morgan fingerprint density at radius 3 is 1.07 bits per heavy atom. The van der Waals surface area contributed by atoms with E-state index in [0.717, 1.165) is 0 Å². The number of carbonyl (C=O) groups is 2. The summed E-state index contributed by atoms with van der Waals surface area (Å²) >= 11 is 0. The van der Waals surface area contributed by atoms with Gasteiger partial charge >= 0.3 is 103 Å². The third kappa shape index (κ3) is 13.9. The quantitative estimate of drug-likeness (QED) is 0.0275. The molecule has 436 valence electrons. The van der Waals surface area contributed by atoms with Crippen molar-refractivity contribution in [1.82, 2.24) is 0 Å². The fourth-order valence-electron chi connectivity index (χ4n) is 5.08. The molecule has 0 aliphatic rings. The third-order valence-corrected chi connectivity index (χ3v) is 10.6. The average molecular weight is 1180 g/mol. The van der Waals surface area contributed by atoms with E-state index in [9.17, 15) is 151 Å². The van der Waals surface area contributed by atoms with Crippen LogP contribution >= 0.6 is 7.82 Å². The molecule has 0 saturated carbocycles. The van der Waals surface area contributed by atoms with Gasteiger partial charge in [-0.2, -0.15) is 123 Å². The number of esters is 2. The zero-order chi connectivity index (χ0) is 58.4. The van der Waals surface area contributed by atoms with Crippen molar-refractivity contribution in [1.29, 1.82) is 0 Å². The molecule has 9 nitrogen and oxygen atoms in total. The lowest BCUT2D eigenvalue weighted by atomic mass is 9.88. The predicted octanol–water partition coefficient (Wildman–Crippen LogP) is 12.3. The van der Waals surface area contributed by atoms with Gasteiger partial charge in [0.1, 0.15) is 6.61 Å². The van der Waals surface area contributed by atoms with Crippen LogP contribution in [-0.2, 0) is 32.7 Å². The first-order chi connectivity index (χ1) is 32.3. The van der Waals surface area contributed by atoms with Gasteiger partial charge < -0.3 is 20.1 Å². The Morgan fingerprint density at radius 1 is 0.425 bits per heavy atom. The Hall–Kier alpha value is -3.09. The van der Waals surface area contributed by atoms with Gasteiger partial charge in [0, 0.05) is 25.7 Å². The van der Waals surface area contributed by atoms with Crippen LogP contribution in [0.5, 0.6) is 0 Å². The summed E-state index contributed by atoms with van der Waals surface area (Å²) in [7, 11) is -5.24. The first kappa shape index (κ1) is 69.9. The maximum Gasteiger partial charge on any atom is 0.472 e. The molecule has 0 amide bonds. The number of phosphoric acid groups is 1. The smallest absolute Gasteiger partial charge is 0.462 e. The Labute approximate surface area is 388 Å². The first-order valence-corrected chi connectivity index (χ1v) is 20.8. The van der Waals surface area contributed by atoms with E-state index in [1.807, 2.05) is 0 Å². The number of halogens is 30. The van der Waals surface area contributed by atoms with E-state index >= 15 is 0 Å². The van der Waals surface area contributed by atoms with Crippen molar-refractivity contribution < 1.29 is 169 Å². The number of hydrogen-bond acceptors (Lipinski definition) is 8. The second-order valence-corrected chi connectivity index (χ2v) is 16.6. The maximum absolute atomic E-state index is 14.2. The number of hydrogen-bond donors (Lipinski definition) is 2. The summed E-state index contributed by atoms with van der Waals surface area (Å²) in [6, 6.07) is 0. The van der Waals surface area contributed by atoms with E-state index < -0.39 is 193 Å². The minimum atomic E-state index is -8.52. The molecule has 0 aliphatic heterocycles. The molecule has 0 bridgehead atoms. The Morgan fingerprint density at radius 2 is 0.740 bits per heavy atom. The number of phosphoric ester groups is 1. The number of nitrogens with two attached hydrogens (primary N) is 1. The van der Waals surface area contributed by atoms with Crippen LogP contribution in [-0.4, -0.2) is 146 Å². The molecule has 0 aromatic carbocycles. The highest BCUT2D eigenvalue weighted by Gasteiger charge is 2.94. The van der Waals surface area contributed by atoms with Crippen LogP contribution in [0.25, 0.3) is 0 Å². The SMILES string of the molecule is NCCCCOP(=O)(O)OCC(COC(=O)CCCCC(F)(F)C(F)(F)C(F)(F)C(F)(F)C(F)(F)C(F)(F)C(F)(F)CF)OC(=O)CCCCC(F)(F)C(F)(F)C(F)(F)C(F)(F)C(F)(F)C(F)(F)C(F)(F)CF. The van der Waals surface area contributed by atoms with Crippen molar-refractivity contribution in [3.63, 3.8) is 0 Å². The molecule has 0 radical (unpaired) electrons. The van der Waals surface area contributed by atoms with Crippen molar-refractivity contribution >= 4 is 19.8 Å². The van der Waals surface area contributed by atoms with Crippen molar-refractivity contribution in [2.75, 3.05) is 39.7 Å². The van der Waals surface area contributed by atoms with Gasteiger partial charge in [0.25, 0.3) is 0 Å². The Bertz CT molecular complexity index is 1850. The second-order valence-electron chi connectivity index (χ2n) is 15.1. The zero-order valence-electron chi connectivity index (χ0n) is 35.6. The molecule has 0 aromatic heterocycles. The van der Waals surface area contributed by atoms with E-state index in [1.165, 1.54) is 0 Å². The molecule has 0 fully saturated rings. The predicted molar refractivity (Wildman–Crippen MR) is 179 cm³/mol. The van der Waals surface area contributed by atoms with Gasteiger partial charge in [-0.3, -0.25) is 18.6 Å². The summed E-state index contributed by atoms with van der Waals surface area (Å²) in [6.45, 7) is -11.6. The standard InChI is InChI=1S/C33H36F30NO8P/c34-15-22(40,41)26(48,49)30(56,57)32(60,61)28(52,53)24(44,45)20(36,37)9-3-1-7-18(65)69-13-17(14-71-73(67,68)70-12-6-5-11-64)72-19(66)8-2-4-10-21(38,39)25(46,47)29(54,55)33(62,63)31(58,59)27(50,51)23(42,43)16-35/h17H,1-16,64H2,(H,67,68). The molecule has 0 rings (SSSR count). The molecule has 0 aromatic rings. The van der Waals surface area contributed by atoms with Crippen LogP contribution in [0.2, 0.25) is 0 Å². The number of unbranched alkanes of at least 4 members (excludes halogenated alkanes) is 3. The molecule has 2 atom stereocenters. The van der Waals surface area contributed by atoms with Crippen LogP contribution < -0.4 is 5.73 Å². The molecule has 0 saturated heterocycles. The summed E-state index contributed by atoms with van der Waals surface area (Å²) in [5.74, 6) is -113. The monoisotopic (exact) mass is 1180 g/mol. The zero-order valence-corrected chi connectivity index (χ0v) is 36.5. The molecular weight excluding hydrogens is 1140 g/mol. The van der Waals surface area contributed by atoms with Crippen LogP contribution in [0, 0.1) is 0 Å². The van der Waals surface area contributed by atoms with E-state index in [2.05, 4.69) is 18.5 Å². The summed E-state index contributed by atoms with van der Waals surface area (Å²) in [6.07, 6.45) is -17.0. The van der Waals surface area contributed by atoms with E-state index in [4.69, 9.17) is 5.73 Å². The number of ether oxygens (including phenoxy) is 2. The number of rotatable bonds is 35. The minimum absolute atomic E-state index is 0.00284. The molecular formula is C33H36F30NO8P. The highest BCUT2D eigenvalue weighted by atomic mass is 31.2.